The van der Waals surface area contributed by atoms with Gasteiger partial charge in [-0.2, -0.15) is 0 Å². The zero-order chi connectivity index (χ0) is 20.6. The first-order valence-electron chi connectivity index (χ1n) is 9.04. The molecule has 7 heteroatoms. The number of carbonyl (C=O) groups excluding carboxylic acids is 1. The lowest BCUT2D eigenvalue weighted by Crippen LogP contribution is -2.20. The second kappa shape index (κ2) is 9.36. The molecule has 1 aromatic heterocycles. The number of hydrogen-bond acceptors (Lipinski definition) is 5. The van der Waals surface area contributed by atoms with Crippen molar-refractivity contribution >= 4 is 17.4 Å². The molecule has 29 heavy (non-hydrogen) atoms. The van der Waals surface area contributed by atoms with E-state index >= 15 is 0 Å². The molecule has 0 fully saturated rings. The zero-order valence-electron chi connectivity index (χ0n) is 16.3. The van der Waals surface area contributed by atoms with Crippen LogP contribution in [-0.4, -0.2) is 23.3 Å². The van der Waals surface area contributed by atoms with Gasteiger partial charge in [-0.15, -0.1) is 0 Å². The Kier molecular flexibility index (Phi) is 6.42. The third-order valence-electron chi connectivity index (χ3n) is 4.11. The first-order chi connectivity index (χ1) is 14.0. The zero-order valence-corrected chi connectivity index (χ0v) is 16.3. The normalized spacial score (nSPS) is 11.0. The van der Waals surface area contributed by atoms with E-state index in [1.165, 1.54) is 0 Å². The average Bonchev–Trinajstić information content (AvgIpc) is 2.72. The molecule has 0 atom stereocenters. The molecule has 1 heterocycles. The second-order valence-corrected chi connectivity index (χ2v) is 6.34. The molecular weight excluding hydrogens is 368 g/mol. The highest BCUT2D eigenvalue weighted by Gasteiger charge is 2.12. The molecule has 0 spiro atoms. The number of amides is 1. The van der Waals surface area contributed by atoms with E-state index in [0.29, 0.717) is 17.2 Å². The van der Waals surface area contributed by atoms with Crippen LogP contribution in [0.25, 0.3) is 0 Å². The molecule has 0 aliphatic heterocycles. The van der Waals surface area contributed by atoms with Gasteiger partial charge in [0.25, 0.3) is 5.91 Å². The number of hydrogen-bond donors (Lipinski definition) is 2. The largest absolute Gasteiger partial charge is 0.438 e. The molecule has 3 rings (SSSR count). The minimum atomic E-state index is -0.328. The molecule has 1 amide bonds. The Morgan fingerprint density at radius 1 is 1.03 bits per heavy atom. The maximum atomic E-state index is 12.2. The summed E-state index contributed by atoms with van der Waals surface area (Å²) in [4.78, 5) is 21.5. The minimum Gasteiger partial charge on any atom is -0.438 e. The van der Waals surface area contributed by atoms with Gasteiger partial charge in [0.05, 0.1) is 5.56 Å². The van der Waals surface area contributed by atoms with Gasteiger partial charge in [-0.25, -0.2) is 4.98 Å². The van der Waals surface area contributed by atoms with Crippen LogP contribution < -0.4 is 15.8 Å². The molecule has 7 nitrogen and oxygen atoms in total. The van der Waals surface area contributed by atoms with Crippen LogP contribution in [0.3, 0.4) is 0 Å². The Morgan fingerprint density at radius 2 is 1.76 bits per heavy atom. The Bertz CT molecular complexity index is 999. The summed E-state index contributed by atoms with van der Waals surface area (Å²) in [6.07, 6.45) is 1.59. The highest BCUT2D eigenvalue weighted by Crippen LogP contribution is 2.22. The Balaban J connectivity index is 1.64. The summed E-state index contributed by atoms with van der Waals surface area (Å²) >= 11 is 0. The van der Waals surface area contributed by atoms with E-state index in [4.69, 9.17) is 15.3 Å². The Labute approximate surface area is 169 Å². The SMILES string of the molecule is Cc1cccc(C)c1NC(=O)CON=C(N)c1cccnc1Oc1ccccc1. The van der Waals surface area contributed by atoms with E-state index in [1.807, 2.05) is 50.2 Å². The molecule has 3 N–H and O–H groups in total. The fourth-order valence-electron chi connectivity index (χ4n) is 2.66. The molecule has 0 unspecified atom stereocenters. The second-order valence-electron chi connectivity index (χ2n) is 6.34. The number of nitrogens with zero attached hydrogens (tertiary/aromatic N) is 2. The summed E-state index contributed by atoms with van der Waals surface area (Å²) in [6, 6.07) is 18.4. The van der Waals surface area contributed by atoms with Crippen molar-refractivity contribution in [1.82, 2.24) is 4.98 Å². The van der Waals surface area contributed by atoms with Crippen molar-refractivity contribution < 1.29 is 14.4 Å². The summed E-state index contributed by atoms with van der Waals surface area (Å²) in [7, 11) is 0. The van der Waals surface area contributed by atoms with E-state index in [1.54, 1.807) is 30.5 Å². The van der Waals surface area contributed by atoms with Gasteiger partial charge in [0.15, 0.2) is 12.4 Å². The molecule has 0 saturated carbocycles. The van der Waals surface area contributed by atoms with E-state index in [-0.39, 0.29) is 18.3 Å². The predicted molar refractivity (Wildman–Crippen MR) is 112 cm³/mol. The standard InChI is InChI=1S/C22H22N4O3/c1-15-8-6-9-16(2)20(15)25-19(27)14-28-26-21(23)18-12-7-13-24-22(18)29-17-10-4-3-5-11-17/h3-13H,14H2,1-2H3,(H2,23,26)(H,25,27). The van der Waals surface area contributed by atoms with Crippen LogP contribution in [0.1, 0.15) is 16.7 Å². The van der Waals surface area contributed by atoms with Crippen molar-refractivity contribution in [3.05, 3.63) is 83.6 Å². The Morgan fingerprint density at radius 3 is 2.48 bits per heavy atom. The van der Waals surface area contributed by atoms with E-state index in [9.17, 15) is 4.79 Å². The molecule has 0 aliphatic carbocycles. The van der Waals surface area contributed by atoms with Crippen molar-refractivity contribution in [2.24, 2.45) is 10.9 Å². The highest BCUT2D eigenvalue weighted by molar-refractivity contribution is 5.99. The maximum absolute atomic E-state index is 12.2. The van der Waals surface area contributed by atoms with Gasteiger partial charge < -0.3 is 20.6 Å². The maximum Gasteiger partial charge on any atom is 0.265 e. The van der Waals surface area contributed by atoms with E-state index in [0.717, 1.165) is 16.8 Å². The number of ether oxygens (including phenoxy) is 1. The number of amidine groups is 1. The van der Waals surface area contributed by atoms with Gasteiger partial charge in [0, 0.05) is 11.9 Å². The lowest BCUT2D eigenvalue weighted by Gasteiger charge is -2.11. The fraction of sp³-hybridized carbons (Fsp3) is 0.136. The van der Waals surface area contributed by atoms with E-state index < -0.39 is 0 Å². The number of oxime groups is 1. The number of pyridine rings is 1. The topological polar surface area (TPSA) is 98.8 Å². The third kappa shape index (κ3) is 5.32. The number of aromatic nitrogens is 1. The van der Waals surface area contributed by atoms with Crippen LogP contribution in [0.4, 0.5) is 5.69 Å². The summed E-state index contributed by atoms with van der Waals surface area (Å²) in [5, 5.41) is 6.66. The van der Waals surface area contributed by atoms with Crippen molar-refractivity contribution in [2.45, 2.75) is 13.8 Å². The van der Waals surface area contributed by atoms with Gasteiger partial charge in [-0.3, -0.25) is 4.79 Å². The predicted octanol–water partition coefficient (Wildman–Crippen LogP) is 3.77. The number of nitrogens with one attached hydrogen (secondary N) is 1. The smallest absolute Gasteiger partial charge is 0.265 e. The average molecular weight is 390 g/mol. The summed E-state index contributed by atoms with van der Waals surface area (Å²) in [6.45, 7) is 3.58. The fourth-order valence-corrected chi connectivity index (χ4v) is 2.66. The van der Waals surface area contributed by atoms with Crippen LogP contribution in [0.2, 0.25) is 0 Å². The van der Waals surface area contributed by atoms with E-state index in [2.05, 4.69) is 15.5 Å². The molecule has 0 bridgehead atoms. The monoisotopic (exact) mass is 390 g/mol. The minimum absolute atomic E-state index is 0.0592. The lowest BCUT2D eigenvalue weighted by molar-refractivity contribution is -0.120. The number of aryl methyl sites for hydroxylation is 2. The number of benzene rings is 2. The molecule has 148 valence electrons. The van der Waals surface area contributed by atoms with Gasteiger partial charge in [0.2, 0.25) is 5.88 Å². The Hall–Kier alpha value is -3.87. The number of anilines is 1. The van der Waals surface area contributed by atoms with Crippen molar-refractivity contribution in [2.75, 3.05) is 11.9 Å². The highest BCUT2D eigenvalue weighted by atomic mass is 16.6. The number of para-hydroxylation sites is 2. The number of rotatable bonds is 7. The molecule has 0 radical (unpaired) electrons. The van der Waals surface area contributed by atoms with Crippen LogP contribution >= 0.6 is 0 Å². The first kappa shape index (κ1) is 19.9. The molecule has 0 aliphatic rings. The molecular formula is C22H22N4O3. The number of nitrogens with two attached hydrogens (primary N) is 1. The third-order valence-corrected chi connectivity index (χ3v) is 4.11. The van der Waals surface area contributed by atoms with Crippen LogP contribution in [0, 0.1) is 13.8 Å². The first-order valence-corrected chi connectivity index (χ1v) is 9.04. The van der Waals surface area contributed by atoms with Gasteiger partial charge in [-0.05, 0) is 49.2 Å². The summed E-state index contributed by atoms with van der Waals surface area (Å²) in [5.41, 5.74) is 9.18. The van der Waals surface area contributed by atoms with Gasteiger partial charge >= 0.3 is 0 Å². The van der Waals surface area contributed by atoms with Crippen molar-refractivity contribution in [3.63, 3.8) is 0 Å². The summed E-state index contributed by atoms with van der Waals surface area (Å²) in [5.74, 6) is 0.646. The van der Waals surface area contributed by atoms with Crippen LogP contribution in [-0.2, 0) is 9.63 Å². The van der Waals surface area contributed by atoms with Gasteiger partial charge in [0.1, 0.15) is 5.75 Å². The van der Waals surface area contributed by atoms with Crippen LogP contribution in [0.5, 0.6) is 11.6 Å². The lowest BCUT2D eigenvalue weighted by atomic mass is 10.1. The number of carbonyl (C=O) groups is 1. The van der Waals surface area contributed by atoms with Crippen molar-refractivity contribution in [3.8, 4) is 11.6 Å². The van der Waals surface area contributed by atoms with Gasteiger partial charge in [-0.1, -0.05) is 41.6 Å². The molecule has 0 saturated heterocycles. The van der Waals surface area contributed by atoms with Crippen LogP contribution in [0.15, 0.2) is 72.0 Å². The summed E-state index contributed by atoms with van der Waals surface area (Å²) < 4.78 is 5.76. The molecule has 3 aromatic rings. The molecule has 2 aromatic carbocycles. The quantitative estimate of drug-likeness (QED) is 0.363. The van der Waals surface area contributed by atoms with Crippen molar-refractivity contribution in [1.29, 1.82) is 0 Å².